The zero-order chi connectivity index (χ0) is 16.2. The van der Waals surface area contributed by atoms with Crippen LogP contribution in [0.2, 0.25) is 0 Å². The van der Waals surface area contributed by atoms with Gasteiger partial charge < -0.3 is 14.7 Å². The summed E-state index contributed by atoms with van der Waals surface area (Å²) in [6, 6.07) is 4.52. The Labute approximate surface area is 152 Å². The molecule has 2 aromatic heterocycles. The lowest BCUT2D eigenvalue weighted by atomic mass is 10.1. The maximum atomic E-state index is 12.4. The van der Waals surface area contributed by atoms with Gasteiger partial charge in [-0.2, -0.15) is 4.98 Å². The van der Waals surface area contributed by atoms with Crippen molar-refractivity contribution in [3.8, 4) is 10.7 Å². The van der Waals surface area contributed by atoms with Crippen molar-refractivity contribution in [3.05, 3.63) is 23.4 Å². The Morgan fingerprint density at radius 3 is 3.08 bits per heavy atom. The molecule has 0 spiro atoms. The molecule has 24 heavy (non-hydrogen) atoms. The zero-order valence-corrected chi connectivity index (χ0v) is 15.5. The highest BCUT2D eigenvalue weighted by atomic mass is 35.5. The van der Waals surface area contributed by atoms with E-state index in [4.69, 9.17) is 4.52 Å². The summed E-state index contributed by atoms with van der Waals surface area (Å²) in [7, 11) is 0. The molecule has 0 aliphatic carbocycles. The molecule has 1 fully saturated rings. The third-order valence-corrected chi connectivity index (χ3v) is 5.21. The van der Waals surface area contributed by atoms with Crippen molar-refractivity contribution in [2.24, 2.45) is 0 Å². The Kier molecular flexibility index (Phi) is 6.77. The van der Waals surface area contributed by atoms with Crippen molar-refractivity contribution in [3.63, 3.8) is 0 Å². The molecule has 8 heteroatoms. The molecule has 0 radical (unpaired) electrons. The van der Waals surface area contributed by atoms with E-state index >= 15 is 0 Å². The second kappa shape index (κ2) is 8.60. The van der Waals surface area contributed by atoms with E-state index in [1.165, 1.54) is 0 Å². The van der Waals surface area contributed by atoms with E-state index < -0.39 is 0 Å². The van der Waals surface area contributed by atoms with Gasteiger partial charge in [0.2, 0.25) is 17.6 Å². The van der Waals surface area contributed by atoms with Crippen LogP contribution in [0.25, 0.3) is 10.7 Å². The average Bonchev–Trinajstić information content (AvgIpc) is 3.20. The number of nitrogens with one attached hydrogen (secondary N) is 1. The molecule has 1 aliphatic heterocycles. The van der Waals surface area contributed by atoms with Gasteiger partial charge in [0.05, 0.1) is 4.88 Å². The number of aromatic nitrogens is 2. The van der Waals surface area contributed by atoms with Gasteiger partial charge in [-0.05, 0) is 31.7 Å². The molecule has 0 bridgehead atoms. The number of aryl methyl sites for hydroxylation is 1. The monoisotopic (exact) mass is 370 g/mol. The Balaban J connectivity index is 0.00000208. The number of halogens is 1. The first kappa shape index (κ1) is 18.9. The number of rotatable bonds is 5. The van der Waals surface area contributed by atoms with Gasteiger partial charge in [0.25, 0.3) is 0 Å². The lowest BCUT2D eigenvalue weighted by Gasteiger charge is -2.38. The maximum absolute atomic E-state index is 12.4. The fraction of sp³-hybridized carbons (Fsp3) is 0.562. The number of nitrogens with zero attached hydrogens (tertiary/aromatic N) is 3. The Bertz CT molecular complexity index is 646. The van der Waals surface area contributed by atoms with Crippen LogP contribution in [0.3, 0.4) is 0 Å². The highest BCUT2D eigenvalue weighted by Crippen LogP contribution is 2.21. The van der Waals surface area contributed by atoms with Crippen molar-refractivity contribution >= 4 is 29.7 Å². The molecular weight excluding hydrogens is 348 g/mol. The van der Waals surface area contributed by atoms with E-state index in [1.54, 1.807) is 11.3 Å². The summed E-state index contributed by atoms with van der Waals surface area (Å²) >= 11 is 1.59. The third-order valence-electron chi connectivity index (χ3n) is 4.35. The standard InChI is InChI=1S/C16H22N4O2S.ClH/c1-11-12(2)20(9-8-17-11)15(21)7-3-6-14-18-16(19-22-14)13-5-4-10-23-13;/h4-5,10-12,17H,3,6-9H2,1-2H3;1H. The number of amides is 1. The van der Waals surface area contributed by atoms with E-state index in [-0.39, 0.29) is 24.4 Å². The highest BCUT2D eigenvalue weighted by Gasteiger charge is 2.27. The molecule has 132 valence electrons. The first-order chi connectivity index (χ1) is 11.1. The maximum Gasteiger partial charge on any atom is 0.226 e. The minimum Gasteiger partial charge on any atom is -0.339 e. The number of carbonyl (C=O) groups excluding carboxylic acids is 1. The number of thiophene rings is 1. The molecule has 0 saturated carbocycles. The molecule has 3 heterocycles. The van der Waals surface area contributed by atoms with E-state index in [1.807, 2.05) is 22.4 Å². The summed E-state index contributed by atoms with van der Waals surface area (Å²) in [6.45, 7) is 5.87. The van der Waals surface area contributed by atoms with Crippen molar-refractivity contribution in [2.45, 2.75) is 45.2 Å². The first-order valence-electron chi connectivity index (χ1n) is 8.04. The average molecular weight is 371 g/mol. The van der Waals surface area contributed by atoms with Crippen molar-refractivity contribution in [1.82, 2.24) is 20.4 Å². The molecule has 1 saturated heterocycles. The van der Waals surface area contributed by atoms with E-state index in [0.717, 1.165) is 24.4 Å². The van der Waals surface area contributed by atoms with Gasteiger partial charge in [-0.15, -0.1) is 23.7 Å². The number of hydrogen-bond donors (Lipinski definition) is 1. The summed E-state index contributed by atoms with van der Waals surface area (Å²) in [4.78, 5) is 19.7. The van der Waals surface area contributed by atoms with Crippen molar-refractivity contribution in [1.29, 1.82) is 0 Å². The molecular formula is C16H23ClN4O2S. The fourth-order valence-corrected chi connectivity index (χ4v) is 3.45. The van der Waals surface area contributed by atoms with Gasteiger partial charge >= 0.3 is 0 Å². The Hall–Kier alpha value is -1.44. The minimum absolute atomic E-state index is 0. The zero-order valence-electron chi connectivity index (χ0n) is 13.9. The van der Waals surface area contributed by atoms with Crippen LogP contribution in [0.4, 0.5) is 0 Å². The lowest BCUT2D eigenvalue weighted by molar-refractivity contribution is -0.134. The number of hydrogen-bond acceptors (Lipinski definition) is 6. The topological polar surface area (TPSA) is 71.3 Å². The van der Waals surface area contributed by atoms with Crippen LogP contribution in [0.15, 0.2) is 22.0 Å². The van der Waals surface area contributed by atoms with E-state index in [0.29, 0.717) is 30.6 Å². The summed E-state index contributed by atoms with van der Waals surface area (Å²) in [5, 5.41) is 9.36. The second-order valence-electron chi connectivity index (χ2n) is 5.91. The van der Waals surface area contributed by atoms with E-state index in [2.05, 4.69) is 29.3 Å². The Morgan fingerprint density at radius 2 is 2.33 bits per heavy atom. The second-order valence-corrected chi connectivity index (χ2v) is 6.86. The third kappa shape index (κ3) is 4.34. The molecule has 2 atom stereocenters. The fourth-order valence-electron chi connectivity index (χ4n) is 2.81. The van der Waals surface area contributed by atoms with Gasteiger partial charge in [-0.1, -0.05) is 11.2 Å². The van der Waals surface area contributed by atoms with Crippen molar-refractivity contribution < 1.29 is 9.32 Å². The lowest BCUT2D eigenvalue weighted by Crippen LogP contribution is -2.57. The first-order valence-corrected chi connectivity index (χ1v) is 8.92. The van der Waals surface area contributed by atoms with Crippen LogP contribution >= 0.6 is 23.7 Å². The van der Waals surface area contributed by atoms with Crippen molar-refractivity contribution in [2.75, 3.05) is 13.1 Å². The van der Waals surface area contributed by atoms with Crippen LogP contribution in [0.1, 0.15) is 32.6 Å². The summed E-state index contributed by atoms with van der Waals surface area (Å²) in [5.41, 5.74) is 0. The highest BCUT2D eigenvalue weighted by molar-refractivity contribution is 7.13. The summed E-state index contributed by atoms with van der Waals surface area (Å²) in [6.07, 6.45) is 1.89. The molecule has 0 aromatic carbocycles. The Morgan fingerprint density at radius 1 is 1.50 bits per heavy atom. The smallest absolute Gasteiger partial charge is 0.226 e. The molecule has 2 unspecified atom stereocenters. The molecule has 1 N–H and O–H groups in total. The summed E-state index contributed by atoms with van der Waals surface area (Å²) in [5.74, 6) is 1.44. The van der Waals surface area contributed by atoms with Gasteiger partial charge in [-0.25, -0.2) is 0 Å². The molecule has 2 aromatic rings. The quantitative estimate of drug-likeness (QED) is 0.876. The SMILES string of the molecule is CC1NCCN(C(=O)CCCc2nc(-c3cccs3)no2)C1C.Cl. The molecule has 1 amide bonds. The van der Waals surface area contributed by atoms with Gasteiger partial charge in [0.1, 0.15) is 0 Å². The number of piperazine rings is 1. The van der Waals surface area contributed by atoms with Gasteiger partial charge in [0, 0.05) is 38.0 Å². The van der Waals surface area contributed by atoms with Gasteiger partial charge in [0.15, 0.2) is 0 Å². The molecule has 3 rings (SSSR count). The van der Waals surface area contributed by atoms with Crippen LogP contribution < -0.4 is 5.32 Å². The predicted octanol–water partition coefficient (Wildman–Crippen LogP) is 2.75. The molecule has 6 nitrogen and oxygen atoms in total. The van der Waals surface area contributed by atoms with E-state index in [9.17, 15) is 4.79 Å². The van der Waals surface area contributed by atoms with Gasteiger partial charge in [-0.3, -0.25) is 4.79 Å². The van der Waals surface area contributed by atoms with Crippen LogP contribution in [-0.2, 0) is 11.2 Å². The normalized spacial score (nSPS) is 20.7. The van der Waals surface area contributed by atoms with Crippen LogP contribution in [0.5, 0.6) is 0 Å². The predicted molar refractivity (Wildman–Crippen MR) is 96.4 cm³/mol. The van der Waals surface area contributed by atoms with Crippen LogP contribution in [-0.4, -0.2) is 46.1 Å². The summed E-state index contributed by atoms with van der Waals surface area (Å²) < 4.78 is 5.26. The largest absolute Gasteiger partial charge is 0.339 e. The molecule has 1 aliphatic rings. The number of carbonyl (C=O) groups is 1. The minimum atomic E-state index is 0. The van der Waals surface area contributed by atoms with Crippen LogP contribution in [0, 0.1) is 0 Å².